The summed E-state index contributed by atoms with van der Waals surface area (Å²) in [5.74, 6) is -10.2. The van der Waals surface area contributed by atoms with E-state index < -0.39 is 62.6 Å². The van der Waals surface area contributed by atoms with E-state index in [1.165, 1.54) is 0 Å². The van der Waals surface area contributed by atoms with Crippen LogP contribution in [0.4, 0.5) is 53.1 Å². The maximum Gasteiger partial charge on any atom is 0.508 e. The van der Waals surface area contributed by atoms with Crippen LogP contribution in [0.5, 0.6) is 0 Å². The third-order valence-corrected chi connectivity index (χ3v) is 2.31. The number of hydrogen-bond acceptors (Lipinski definition) is 3. The van der Waals surface area contributed by atoms with Crippen molar-refractivity contribution in [3.63, 3.8) is 0 Å². The van der Waals surface area contributed by atoms with Crippen molar-refractivity contribution in [1.29, 1.82) is 0 Å². The monoisotopic (exact) mass is 386 g/mol. The number of rotatable bonds is 7. The molecule has 0 heterocycles. The predicted octanol–water partition coefficient (Wildman–Crippen LogP) is 4.65. The van der Waals surface area contributed by atoms with Gasteiger partial charge in [-0.15, -0.1) is 0 Å². The zero-order chi connectivity index (χ0) is 19.4. The third kappa shape index (κ3) is 6.95. The second-order valence-corrected chi connectivity index (χ2v) is 4.36. The molecule has 0 spiro atoms. The van der Waals surface area contributed by atoms with Gasteiger partial charge in [-0.3, -0.25) is 0 Å². The Morgan fingerprint density at radius 3 is 1.79 bits per heavy atom. The first kappa shape index (κ1) is 22.5. The molecule has 0 amide bonds. The number of carbonyl (C=O) groups excluding carboxylic acids is 1. The van der Waals surface area contributed by atoms with Crippen LogP contribution in [0, 0.1) is 0 Å². The lowest BCUT2D eigenvalue weighted by molar-refractivity contribution is -0.285. The van der Waals surface area contributed by atoms with Gasteiger partial charge in [0.05, 0.1) is 6.61 Å². The molecule has 0 aromatic rings. The van der Waals surface area contributed by atoms with Crippen LogP contribution in [0.15, 0.2) is 0 Å². The van der Waals surface area contributed by atoms with Crippen LogP contribution in [0.1, 0.15) is 12.8 Å². The summed E-state index contributed by atoms with van der Waals surface area (Å²) in [6.45, 7) is -3.49. The minimum absolute atomic E-state index is 1.05. The second-order valence-electron chi connectivity index (χ2n) is 4.36. The van der Waals surface area contributed by atoms with E-state index in [1.54, 1.807) is 0 Å². The van der Waals surface area contributed by atoms with Crippen molar-refractivity contribution in [3.8, 4) is 0 Å². The minimum Gasteiger partial charge on any atom is -0.434 e. The normalized spacial score (nSPS) is 15.1. The number of halogens is 11. The lowest BCUT2D eigenvalue weighted by atomic mass is 10.2. The molecule has 144 valence electrons. The SMILES string of the molecule is O=C(OCCCC(F)(F)C(F)(F)F)OCC(F)(F)[C@H](F)C(F)(F)F. The Morgan fingerprint density at radius 2 is 1.38 bits per heavy atom. The Bertz CT molecular complexity index is 415. The maximum absolute atomic E-state index is 12.7. The Balaban J connectivity index is 4.21. The highest BCUT2D eigenvalue weighted by molar-refractivity contribution is 5.59. The van der Waals surface area contributed by atoms with E-state index in [-0.39, 0.29) is 0 Å². The molecule has 0 rings (SSSR count). The summed E-state index contributed by atoms with van der Waals surface area (Å²) in [4.78, 5) is 10.7. The first-order chi connectivity index (χ1) is 10.5. The predicted molar refractivity (Wildman–Crippen MR) is 53.4 cm³/mol. The summed E-state index contributed by atoms with van der Waals surface area (Å²) >= 11 is 0. The van der Waals surface area contributed by atoms with Crippen LogP contribution in [-0.2, 0) is 9.47 Å². The fraction of sp³-hybridized carbons (Fsp3) is 0.900. The molecular weight excluding hydrogens is 377 g/mol. The van der Waals surface area contributed by atoms with Crippen molar-refractivity contribution in [2.24, 2.45) is 0 Å². The van der Waals surface area contributed by atoms with Gasteiger partial charge in [0, 0.05) is 6.42 Å². The zero-order valence-corrected chi connectivity index (χ0v) is 11.3. The molecule has 0 N–H and O–H groups in total. The third-order valence-electron chi connectivity index (χ3n) is 2.31. The molecule has 0 aliphatic carbocycles. The van der Waals surface area contributed by atoms with Crippen LogP contribution in [0.3, 0.4) is 0 Å². The van der Waals surface area contributed by atoms with E-state index in [9.17, 15) is 53.1 Å². The molecular formula is C10H9F11O3. The molecule has 1 atom stereocenters. The fourth-order valence-electron chi connectivity index (χ4n) is 1.10. The van der Waals surface area contributed by atoms with Gasteiger partial charge in [-0.05, 0) is 6.42 Å². The van der Waals surface area contributed by atoms with Gasteiger partial charge in [0.1, 0.15) is 0 Å². The number of alkyl halides is 11. The molecule has 0 saturated heterocycles. The van der Waals surface area contributed by atoms with Gasteiger partial charge in [-0.2, -0.15) is 43.9 Å². The van der Waals surface area contributed by atoms with E-state index in [1.807, 2.05) is 0 Å². The molecule has 24 heavy (non-hydrogen) atoms. The van der Waals surface area contributed by atoms with Crippen LogP contribution in [0.2, 0.25) is 0 Å². The van der Waals surface area contributed by atoms with Crippen molar-refractivity contribution >= 4 is 6.16 Å². The highest BCUT2D eigenvalue weighted by Gasteiger charge is 2.58. The lowest BCUT2D eigenvalue weighted by Gasteiger charge is -2.22. The number of ether oxygens (including phenoxy) is 2. The Morgan fingerprint density at radius 1 is 0.875 bits per heavy atom. The highest BCUT2D eigenvalue weighted by Crippen LogP contribution is 2.38. The summed E-state index contributed by atoms with van der Waals surface area (Å²) in [5.41, 5.74) is 0. The summed E-state index contributed by atoms with van der Waals surface area (Å²) in [5, 5.41) is 0. The van der Waals surface area contributed by atoms with E-state index in [0.29, 0.717) is 0 Å². The summed E-state index contributed by atoms with van der Waals surface area (Å²) in [6, 6.07) is 0. The van der Waals surface area contributed by atoms with Crippen LogP contribution < -0.4 is 0 Å². The minimum atomic E-state index is -5.93. The van der Waals surface area contributed by atoms with Gasteiger partial charge in [0.25, 0.3) is 6.17 Å². The molecule has 0 aromatic heterocycles. The average Bonchev–Trinajstić information content (AvgIpc) is 2.38. The molecule has 0 saturated carbocycles. The Hall–Kier alpha value is -1.50. The van der Waals surface area contributed by atoms with Gasteiger partial charge >= 0.3 is 30.4 Å². The van der Waals surface area contributed by atoms with E-state index in [4.69, 9.17) is 0 Å². The second kappa shape index (κ2) is 7.59. The Labute approximate surface area is 126 Å². The Kier molecular flexibility index (Phi) is 7.12. The zero-order valence-electron chi connectivity index (χ0n) is 11.3. The maximum atomic E-state index is 12.7. The number of carbonyl (C=O) groups is 1. The highest BCUT2D eigenvalue weighted by atomic mass is 19.4. The number of hydrogen-bond donors (Lipinski definition) is 0. The van der Waals surface area contributed by atoms with Gasteiger partial charge in [-0.1, -0.05) is 0 Å². The molecule has 0 radical (unpaired) electrons. The molecule has 0 aliphatic heterocycles. The van der Waals surface area contributed by atoms with Crippen LogP contribution in [-0.4, -0.2) is 49.7 Å². The van der Waals surface area contributed by atoms with Gasteiger partial charge in [0.15, 0.2) is 6.61 Å². The molecule has 0 fully saturated rings. The molecule has 14 heteroatoms. The van der Waals surface area contributed by atoms with Crippen molar-refractivity contribution in [2.45, 2.75) is 43.2 Å². The molecule has 0 bridgehead atoms. The van der Waals surface area contributed by atoms with E-state index in [2.05, 4.69) is 9.47 Å². The van der Waals surface area contributed by atoms with Crippen LogP contribution >= 0.6 is 0 Å². The van der Waals surface area contributed by atoms with Crippen molar-refractivity contribution in [1.82, 2.24) is 0 Å². The van der Waals surface area contributed by atoms with Gasteiger partial charge in [-0.25, -0.2) is 9.18 Å². The fourth-order valence-corrected chi connectivity index (χ4v) is 1.10. The quantitative estimate of drug-likeness (QED) is 0.363. The first-order valence-electron chi connectivity index (χ1n) is 5.83. The lowest BCUT2D eigenvalue weighted by Crippen LogP contribution is -2.45. The summed E-state index contributed by atoms with van der Waals surface area (Å²) in [6.07, 6.45) is -21.3. The standard InChI is InChI=1S/C10H9F11O3/c11-5(9(16,17)18)7(12,13)4-24-6(22)23-3-1-2-8(14,15)10(19,20)21/h5H,1-4H2/t5-/m0/s1. The van der Waals surface area contributed by atoms with Crippen molar-refractivity contribution < 1.29 is 62.6 Å². The average molecular weight is 386 g/mol. The molecule has 0 unspecified atom stereocenters. The topological polar surface area (TPSA) is 35.5 Å². The summed E-state index contributed by atoms with van der Waals surface area (Å²) < 4.78 is 140. The van der Waals surface area contributed by atoms with E-state index in [0.717, 1.165) is 0 Å². The largest absolute Gasteiger partial charge is 0.508 e. The van der Waals surface area contributed by atoms with Gasteiger partial charge in [0.2, 0.25) is 0 Å². The smallest absolute Gasteiger partial charge is 0.434 e. The van der Waals surface area contributed by atoms with Crippen molar-refractivity contribution in [3.05, 3.63) is 0 Å². The van der Waals surface area contributed by atoms with Crippen molar-refractivity contribution in [2.75, 3.05) is 13.2 Å². The van der Waals surface area contributed by atoms with E-state index >= 15 is 0 Å². The van der Waals surface area contributed by atoms with Crippen LogP contribution in [0.25, 0.3) is 0 Å². The summed E-state index contributed by atoms with van der Waals surface area (Å²) in [7, 11) is 0. The molecule has 0 aliphatic rings. The molecule has 3 nitrogen and oxygen atoms in total. The van der Waals surface area contributed by atoms with Gasteiger partial charge < -0.3 is 9.47 Å². The molecule has 0 aromatic carbocycles. The first-order valence-corrected chi connectivity index (χ1v) is 5.83.